The van der Waals surface area contributed by atoms with Crippen LogP contribution in [0.2, 0.25) is 0 Å². The van der Waals surface area contributed by atoms with Crippen molar-refractivity contribution in [2.24, 2.45) is 0 Å². The molecular formula is C22H28N4O2. The van der Waals surface area contributed by atoms with Crippen LogP contribution in [0.1, 0.15) is 42.9 Å². The van der Waals surface area contributed by atoms with Crippen molar-refractivity contribution in [1.82, 2.24) is 14.5 Å². The number of aromatic nitrogens is 2. The maximum Gasteiger partial charge on any atom is 0.257 e. The van der Waals surface area contributed by atoms with Crippen LogP contribution in [0, 0.1) is 6.92 Å². The molecule has 3 rings (SSSR count). The van der Waals surface area contributed by atoms with Crippen molar-refractivity contribution >= 4 is 22.9 Å². The zero-order chi connectivity index (χ0) is 20.3. The number of amides is 1. The number of ether oxygens (including phenoxy) is 1. The molecule has 1 N–H and O–H groups in total. The van der Waals surface area contributed by atoms with Crippen molar-refractivity contribution in [1.29, 1.82) is 0 Å². The normalized spacial score (nSPS) is 12.4. The van der Waals surface area contributed by atoms with E-state index in [0.29, 0.717) is 11.5 Å². The molecule has 0 aliphatic carbocycles. The largest absolute Gasteiger partial charge is 0.497 e. The third-order valence-corrected chi connectivity index (χ3v) is 5.15. The molecular weight excluding hydrogens is 352 g/mol. The summed E-state index contributed by atoms with van der Waals surface area (Å²) in [5, 5.41) is 3.00. The average molecular weight is 380 g/mol. The zero-order valence-corrected chi connectivity index (χ0v) is 17.2. The maximum absolute atomic E-state index is 12.8. The Labute approximate surface area is 166 Å². The van der Waals surface area contributed by atoms with Gasteiger partial charge in [-0.25, -0.2) is 4.98 Å². The number of rotatable bonds is 7. The van der Waals surface area contributed by atoms with Gasteiger partial charge in [0.2, 0.25) is 5.95 Å². The Morgan fingerprint density at radius 2 is 1.86 bits per heavy atom. The standard InChI is InChI=1S/C22H28N4O2/c1-6-25(7-2)16(4)26-20-14-18(28-5)12-13-19(20)23-22(26)24-21(27)17-10-8-15(3)9-11-17/h8-14,16H,6-7H2,1-5H3,(H,23,24,27). The van der Waals surface area contributed by atoms with Crippen molar-refractivity contribution in [3.05, 3.63) is 53.6 Å². The number of methoxy groups -OCH3 is 1. The quantitative estimate of drug-likeness (QED) is 0.657. The Bertz CT molecular complexity index is 959. The second-order valence-electron chi connectivity index (χ2n) is 6.83. The van der Waals surface area contributed by atoms with E-state index in [2.05, 4.69) is 35.6 Å². The lowest BCUT2D eigenvalue weighted by Gasteiger charge is -2.29. The van der Waals surface area contributed by atoms with Crippen LogP contribution in [-0.4, -0.2) is 40.6 Å². The first-order valence-corrected chi connectivity index (χ1v) is 9.66. The highest BCUT2D eigenvalue weighted by atomic mass is 16.5. The first kappa shape index (κ1) is 19.9. The van der Waals surface area contributed by atoms with Crippen LogP contribution in [0.15, 0.2) is 42.5 Å². The molecule has 0 fully saturated rings. The highest BCUT2D eigenvalue weighted by Crippen LogP contribution is 2.29. The number of nitrogens with zero attached hydrogens (tertiary/aromatic N) is 3. The van der Waals surface area contributed by atoms with Crippen molar-refractivity contribution in [2.45, 2.75) is 33.9 Å². The van der Waals surface area contributed by atoms with E-state index >= 15 is 0 Å². The Hall–Kier alpha value is -2.86. The van der Waals surface area contributed by atoms with Gasteiger partial charge in [0.25, 0.3) is 5.91 Å². The van der Waals surface area contributed by atoms with E-state index in [-0.39, 0.29) is 12.1 Å². The van der Waals surface area contributed by atoms with Crippen LogP contribution in [0.3, 0.4) is 0 Å². The fourth-order valence-electron chi connectivity index (χ4n) is 3.46. The molecule has 6 nitrogen and oxygen atoms in total. The molecule has 0 saturated heterocycles. The van der Waals surface area contributed by atoms with Gasteiger partial charge in [-0.05, 0) is 51.2 Å². The summed E-state index contributed by atoms with van der Waals surface area (Å²) in [6.07, 6.45) is 0.0282. The summed E-state index contributed by atoms with van der Waals surface area (Å²) in [6, 6.07) is 13.3. The van der Waals surface area contributed by atoms with E-state index < -0.39 is 0 Å². The van der Waals surface area contributed by atoms with E-state index in [1.807, 2.05) is 49.4 Å². The molecule has 0 aliphatic rings. The first-order chi connectivity index (χ1) is 13.5. The molecule has 0 spiro atoms. The number of benzene rings is 2. The summed E-state index contributed by atoms with van der Waals surface area (Å²) in [7, 11) is 1.65. The van der Waals surface area contributed by atoms with Gasteiger partial charge in [0.15, 0.2) is 0 Å². The van der Waals surface area contributed by atoms with Gasteiger partial charge in [0.05, 0.1) is 24.3 Å². The SMILES string of the molecule is CCN(CC)C(C)n1c(NC(=O)c2ccc(C)cc2)nc2ccc(OC)cc21. The molecule has 1 heterocycles. The summed E-state index contributed by atoms with van der Waals surface area (Å²) in [5.74, 6) is 1.13. The molecule has 6 heteroatoms. The molecule has 1 amide bonds. The summed E-state index contributed by atoms with van der Waals surface area (Å²) in [4.78, 5) is 19.8. The summed E-state index contributed by atoms with van der Waals surface area (Å²) >= 11 is 0. The van der Waals surface area contributed by atoms with E-state index in [0.717, 1.165) is 35.4 Å². The van der Waals surface area contributed by atoms with Gasteiger partial charge < -0.3 is 4.74 Å². The molecule has 2 aromatic carbocycles. The topological polar surface area (TPSA) is 59.4 Å². The van der Waals surface area contributed by atoms with Crippen LogP contribution < -0.4 is 10.1 Å². The lowest BCUT2D eigenvalue weighted by molar-refractivity contribution is 0.102. The fraction of sp³-hybridized carbons (Fsp3) is 0.364. The lowest BCUT2D eigenvalue weighted by atomic mass is 10.1. The van der Waals surface area contributed by atoms with Gasteiger partial charge >= 0.3 is 0 Å². The van der Waals surface area contributed by atoms with Crippen molar-refractivity contribution < 1.29 is 9.53 Å². The number of nitrogens with one attached hydrogen (secondary N) is 1. The van der Waals surface area contributed by atoms with Crippen LogP contribution in [0.5, 0.6) is 5.75 Å². The number of hydrogen-bond acceptors (Lipinski definition) is 4. The summed E-state index contributed by atoms with van der Waals surface area (Å²) in [5.41, 5.74) is 3.47. The van der Waals surface area contributed by atoms with Gasteiger partial charge in [-0.2, -0.15) is 0 Å². The van der Waals surface area contributed by atoms with Crippen LogP contribution in [-0.2, 0) is 0 Å². The number of carbonyl (C=O) groups excluding carboxylic acids is 1. The number of hydrogen-bond donors (Lipinski definition) is 1. The predicted molar refractivity (Wildman–Crippen MR) is 113 cm³/mol. The third-order valence-electron chi connectivity index (χ3n) is 5.15. The molecule has 148 valence electrons. The highest BCUT2D eigenvalue weighted by Gasteiger charge is 2.22. The molecule has 0 saturated carbocycles. The number of fused-ring (bicyclic) bond motifs is 1. The van der Waals surface area contributed by atoms with Crippen LogP contribution in [0.25, 0.3) is 11.0 Å². The Kier molecular flexibility index (Phi) is 5.99. The molecule has 0 aliphatic heterocycles. The minimum atomic E-state index is -0.171. The number of carbonyl (C=O) groups is 1. The van der Waals surface area contributed by atoms with Gasteiger partial charge in [-0.1, -0.05) is 31.5 Å². The van der Waals surface area contributed by atoms with Crippen molar-refractivity contribution in [3.8, 4) is 5.75 Å². The molecule has 1 atom stereocenters. The minimum Gasteiger partial charge on any atom is -0.497 e. The molecule has 1 aromatic heterocycles. The van der Waals surface area contributed by atoms with Gasteiger partial charge in [-0.15, -0.1) is 0 Å². The number of aryl methyl sites for hydroxylation is 1. The second-order valence-corrected chi connectivity index (χ2v) is 6.83. The summed E-state index contributed by atoms with van der Waals surface area (Å²) < 4.78 is 7.47. The Morgan fingerprint density at radius 1 is 1.18 bits per heavy atom. The monoisotopic (exact) mass is 380 g/mol. The Morgan fingerprint density at radius 3 is 2.46 bits per heavy atom. The predicted octanol–water partition coefficient (Wildman–Crippen LogP) is 4.47. The molecule has 0 radical (unpaired) electrons. The number of imidazole rings is 1. The summed E-state index contributed by atoms with van der Waals surface area (Å²) in [6.45, 7) is 10.2. The van der Waals surface area contributed by atoms with E-state index in [1.54, 1.807) is 7.11 Å². The molecule has 0 bridgehead atoms. The third kappa shape index (κ3) is 3.87. The highest BCUT2D eigenvalue weighted by molar-refractivity contribution is 6.04. The van der Waals surface area contributed by atoms with E-state index in [1.165, 1.54) is 0 Å². The molecule has 1 unspecified atom stereocenters. The number of anilines is 1. The lowest BCUT2D eigenvalue weighted by Crippen LogP contribution is -2.31. The molecule has 28 heavy (non-hydrogen) atoms. The van der Waals surface area contributed by atoms with Crippen molar-refractivity contribution in [3.63, 3.8) is 0 Å². The second kappa shape index (κ2) is 8.44. The van der Waals surface area contributed by atoms with Crippen LogP contribution >= 0.6 is 0 Å². The Balaban J connectivity index is 2.06. The zero-order valence-electron chi connectivity index (χ0n) is 17.2. The minimum absolute atomic E-state index is 0.0282. The van der Waals surface area contributed by atoms with Crippen molar-refractivity contribution in [2.75, 3.05) is 25.5 Å². The van der Waals surface area contributed by atoms with E-state index in [4.69, 9.17) is 9.72 Å². The average Bonchev–Trinajstić information content (AvgIpc) is 3.05. The van der Waals surface area contributed by atoms with Gasteiger partial charge in [0, 0.05) is 11.6 Å². The first-order valence-electron chi connectivity index (χ1n) is 9.66. The maximum atomic E-state index is 12.8. The van der Waals surface area contributed by atoms with Crippen LogP contribution in [0.4, 0.5) is 5.95 Å². The smallest absolute Gasteiger partial charge is 0.257 e. The fourth-order valence-corrected chi connectivity index (χ4v) is 3.46. The molecule has 3 aromatic rings. The van der Waals surface area contributed by atoms with Gasteiger partial charge in [-0.3, -0.25) is 19.6 Å². The van der Waals surface area contributed by atoms with Gasteiger partial charge in [0.1, 0.15) is 5.75 Å². The van der Waals surface area contributed by atoms with E-state index in [9.17, 15) is 4.79 Å².